The molecule has 0 unspecified atom stereocenters. The summed E-state index contributed by atoms with van der Waals surface area (Å²) in [5, 5.41) is 6.17. The highest BCUT2D eigenvalue weighted by Crippen LogP contribution is 2.31. The van der Waals surface area contributed by atoms with Crippen molar-refractivity contribution in [1.82, 2.24) is 15.0 Å². The van der Waals surface area contributed by atoms with Gasteiger partial charge in [0, 0.05) is 23.6 Å². The van der Waals surface area contributed by atoms with Gasteiger partial charge in [-0.2, -0.15) is 9.97 Å². The second-order valence-electron chi connectivity index (χ2n) is 10.1. The van der Waals surface area contributed by atoms with E-state index in [1.54, 1.807) is 34.1 Å². The van der Waals surface area contributed by atoms with Crippen LogP contribution in [-0.4, -0.2) is 40.9 Å². The summed E-state index contributed by atoms with van der Waals surface area (Å²) in [5.74, 6) is 0.677. The summed E-state index contributed by atoms with van der Waals surface area (Å²) in [7, 11) is 3.54. The number of fused-ring (bicyclic) bond motifs is 1. The minimum absolute atomic E-state index is 0.0837. The van der Waals surface area contributed by atoms with Gasteiger partial charge in [-0.3, -0.25) is 14.9 Å². The lowest BCUT2D eigenvalue weighted by molar-refractivity contribution is -0.123. The van der Waals surface area contributed by atoms with Crippen molar-refractivity contribution >= 4 is 46.0 Å². The maximum atomic E-state index is 12.8. The predicted octanol–water partition coefficient (Wildman–Crippen LogP) is 4.77. The zero-order valence-corrected chi connectivity index (χ0v) is 21.0. The average Bonchev–Trinajstić information content (AvgIpc) is 2.77. The lowest BCUT2D eigenvalue weighted by atomic mass is 9.96. The molecule has 0 atom stereocenters. The van der Waals surface area contributed by atoms with Crippen molar-refractivity contribution < 1.29 is 14.3 Å². The number of anilines is 4. The molecule has 1 aromatic carbocycles. The molecule has 0 aliphatic heterocycles. The molecule has 0 spiro atoms. The highest BCUT2D eigenvalue weighted by atomic mass is 16.5. The normalized spacial score (nSPS) is 11.8. The fourth-order valence-corrected chi connectivity index (χ4v) is 2.87. The van der Waals surface area contributed by atoms with E-state index in [1.165, 1.54) is 0 Å². The minimum atomic E-state index is -0.642. The molecule has 3 rings (SSSR count). The topological polar surface area (TPSA) is 109 Å². The SMILES string of the molecule is COc1ccc(N(C)c2cnc3nc(NC(=O)C(C)(C)C)nc(NC(=O)C(C)(C)C)c3c2)cc1. The van der Waals surface area contributed by atoms with Gasteiger partial charge in [0.05, 0.1) is 24.4 Å². The van der Waals surface area contributed by atoms with Crippen molar-refractivity contribution in [2.75, 3.05) is 29.7 Å². The molecule has 0 radical (unpaired) electrons. The zero-order valence-electron chi connectivity index (χ0n) is 21.0. The van der Waals surface area contributed by atoms with Crippen LogP contribution < -0.4 is 20.3 Å². The fourth-order valence-electron chi connectivity index (χ4n) is 2.87. The Morgan fingerprint density at radius 1 is 0.882 bits per heavy atom. The van der Waals surface area contributed by atoms with Crippen LogP contribution in [0.15, 0.2) is 36.5 Å². The molecule has 0 fully saturated rings. The molecule has 180 valence electrons. The van der Waals surface area contributed by atoms with Crippen molar-refractivity contribution in [3.8, 4) is 5.75 Å². The summed E-state index contributed by atoms with van der Waals surface area (Å²) < 4.78 is 5.23. The van der Waals surface area contributed by atoms with Crippen molar-refractivity contribution in [1.29, 1.82) is 0 Å². The first-order valence-electron chi connectivity index (χ1n) is 11.0. The predicted molar refractivity (Wildman–Crippen MR) is 135 cm³/mol. The molecule has 0 aliphatic rings. The maximum Gasteiger partial charge on any atom is 0.233 e. The Labute approximate surface area is 200 Å². The first-order valence-corrected chi connectivity index (χ1v) is 11.0. The highest BCUT2D eigenvalue weighted by molar-refractivity contribution is 6.02. The van der Waals surface area contributed by atoms with Gasteiger partial charge in [0.15, 0.2) is 5.65 Å². The number of hydrogen-bond acceptors (Lipinski definition) is 7. The van der Waals surface area contributed by atoms with Gasteiger partial charge < -0.3 is 15.0 Å². The van der Waals surface area contributed by atoms with Crippen molar-refractivity contribution in [2.24, 2.45) is 10.8 Å². The van der Waals surface area contributed by atoms with Crippen molar-refractivity contribution in [2.45, 2.75) is 41.5 Å². The van der Waals surface area contributed by atoms with Crippen LogP contribution in [0.5, 0.6) is 5.75 Å². The average molecular weight is 465 g/mol. The number of amides is 2. The summed E-state index contributed by atoms with van der Waals surface area (Å²) >= 11 is 0. The van der Waals surface area contributed by atoms with Gasteiger partial charge in [-0.1, -0.05) is 41.5 Å². The number of ether oxygens (including phenoxy) is 1. The maximum absolute atomic E-state index is 12.8. The smallest absolute Gasteiger partial charge is 0.233 e. The molecule has 2 amide bonds. The molecule has 34 heavy (non-hydrogen) atoms. The third-order valence-corrected chi connectivity index (χ3v) is 5.20. The van der Waals surface area contributed by atoms with Gasteiger partial charge in [0.2, 0.25) is 17.8 Å². The number of nitrogens with zero attached hydrogens (tertiary/aromatic N) is 4. The second kappa shape index (κ2) is 9.24. The first kappa shape index (κ1) is 24.9. The molecule has 9 heteroatoms. The van der Waals surface area contributed by atoms with E-state index in [0.717, 1.165) is 17.1 Å². The molecule has 0 saturated heterocycles. The number of hydrogen-bond donors (Lipinski definition) is 2. The van der Waals surface area contributed by atoms with E-state index < -0.39 is 10.8 Å². The molecule has 9 nitrogen and oxygen atoms in total. The molecular weight excluding hydrogens is 432 g/mol. The lowest BCUT2D eigenvalue weighted by Crippen LogP contribution is -2.30. The number of pyridine rings is 1. The number of carbonyl (C=O) groups is 2. The number of nitrogens with one attached hydrogen (secondary N) is 2. The van der Waals surface area contributed by atoms with E-state index in [4.69, 9.17) is 4.74 Å². The summed E-state index contributed by atoms with van der Waals surface area (Å²) in [4.78, 5) is 40.6. The van der Waals surface area contributed by atoms with Crippen LogP contribution in [0.3, 0.4) is 0 Å². The van der Waals surface area contributed by atoms with Crippen LogP contribution >= 0.6 is 0 Å². The molecule has 2 aromatic heterocycles. The van der Waals surface area contributed by atoms with E-state index in [-0.39, 0.29) is 23.6 Å². The Hall–Kier alpha value is -3.75. The van der Waals surface area contributed by atoms with Gasteiger partial charge in [0.25, 0.3) is 0 Å². The lowest BCUT2D eigenvalue weighted by Gasteiger charge is -2.22. The largest absolute Gasteiger partial charge is 0.497 e. The highest BCUT2D eigenvalue weighted by Gasteiger charge is 2.25. The van der Waals surface area contributed by atoms with Crippen LogP contribution in [0.1, 0.15) is 41.5 Å². The van der Waals surface area contributed by atoms with Gasteiger partial charge in [0.1, 0.15) is 11.6 Å². The van der Waals surface area contributed by atoms with Crippen LogP contribution in [0.2, 0.25) is 0 Å². The monoisotopic (exact) mass is 464 g/mol. The third-order valence-electron chi connectivity index (χ3n) is 5.20. The van der Waals surface area contributed by atoms with Crippen LogP contribution in [0, 0.1) is 10.8 Å². The Morgan fingerprint density at radius 3 is 2.03 bits per heavy atom. The first-order chi connectivity index (χ1) is 15.8. The summed E-state index contributed by atoms with van der Waals surface area (Å²) in [6.45, 7) is 10.8. The summed E-state index contributed by atoms with van der Waals surface area (Å²) in [6.07, 6.45) is 1.68. The van der Waals surface area contributed by atoms with E-state index in [1.807, 2.05) is 63.1 Å². The van der Waals surface area contributed by atoms with Gasteiger partial charge in [-0.15, -0.1) is 0 Å². The molecule has 0 saturated carbocycles. The van der Waals surface area contributed by atoms with E-state index in [9.17, 15) is 9.59 Å². The molecule has 0 bridgehead atoms. The van der Waals surface area contributed by atoms with E-state index >= 15 is 0 Å². The molecular formula is C25H32N6O3. The third kappa shape index (κ3) is 5.59. The number of benzene rings is 1. The summed E-state index contributed by atoms with van der Waals surface area (Å²) in [5.41, 5.74) is 0.786. The standard InChI is InChI=1S/C25H32N6O3/c1-24(2,3)21(32)27-20-18-13-16(31(7)15-9-11-17(34-8)12-10-15)14-26-19(18)28-23(29-20)30-22(33)25(4,5)6/h9-14H,1-8H3,(H2,26,27,28,29,30,32,33). The van der Waals surface area contributed by atoms with E-state index in [2.05, 4.69) is 25.6 Å². The van der Waals surface area contributed by atoms with Crippen molar-refractivity contribution in [3.05, 3.63) is 36.5 Å². The number of rotatable bonds is 5. The zero-order chi connectivity index (χ0) is 25.3. The van der Waals surface area contributed by atoms with Gasteiger partial charge >= 0.3 is 0 Å². The number of carbonyl (C=O) groups excluding carboxylic acids is 2. The quantitative estimate of drug-likeness (QED) is 0.560. The molecule has 2 heterocycles. The van der Waals surface area contributed by atoms with Gasteiger partial charge in [-0.05, 0) is 30.3 Å². The Kier molecular flexibility index (Phi) is 6.77. The van der Waals surface area contributed by atoms with Crippen LogP contribution in [0.4, 0.5) is 23.1 Å². The Morgan fingerprint density at radius 2 is 1.47 bits per heavy atom. The van der Waals surface area contributed by atoms with Gasteiger partial charge in [-0.25, -0.2) is 4.98 Å². The van der Waals surface area contributed by atoms with Crippen LogP contribution in [0.25, 0.3) is 11.0 Å². The second-order valence-corrected chi connectivity index (χ2v) is 10.1. The Bertz CT molecular complexity index is 1210. The summed E-state index contributed by atoms with van der Waals surface area (Å²) in [6, 6.07) is 9.49. The van der Waals surface area contributed by atoms with Crippen molar-refractivity contribution in [3.63, 3.8) is 0 Å². The Balaban J connectivity index is 2.07. The van der Waals surface area contributed by atoms with Crippen LogP contribution in [-0.2, 0) is 9.59 Å². The number of methoxy groups -OCH3 is 1. The number of aromatic nitrogens is 3. The van der Waals surface area contributed by atoms with E-state index in [0.29, 0.717) is 11.0 Å². The fraction of sp³-hybridized carbons (Fsp3) is 0.400. The molecule has 3 aromatic rings. The minimum Gasteiger partial charge on any atom is -0.497 e. The molecule has 0 aliphatic carbocycles. The molecule has 2 N–H and O–H groups in total.